The average Bonchev–Trinajstić information content (AvgIpc) is 2.75. The molecule has 0 radical (unpaired) electrons. The monoisotopic (exact) mass is 519 g/mol. The van der Waals surface area contributed by atoms with E-state index in [-0.39, 0.29) is 19.4 Å². The number of amides is 1. The largest absolute Gasteiger partial charge is 0.469 e. The zero-order valence-corrected chi connectivity index (χ0v) is 20.1. The second-order valence-corrected chi connectivity index (χ2v) is 9.37. The number of esters is 1. The van der Waals surface area contributed by atoms with Crippen LogP contribution in [0.3, 0.4) is 0 Å². The molecular weight excluding hydrogens is 492 g/mol. The number of halogens is 6. The molecule has 1 N–H and O–H groups in total. The van der Waals surface area contributed by atoms with Gasteiger partial charge in [0.25, 0.3) is 0 Å². The number of alkyl halides is 6. The Labute approximate surface area is 204 Å². The van der Waals surface area contributed by atoms with Crippen LogP contribution in [0.2, 0.25) is 0 Å². The molecule has 2 aromatic rings. The molecule has 1 amide bonds. The minimum Gasteiger partial charge on any atom is -0.469 e. The summed E-state index contributed by atoms with van der Waals surface area (Å²) in [6.45, 7) is 4.54. The van der Waals surface area contributed by atoms with Crippen molar-refractivity contribution in [2.75, 3.05) is 13.7 Å². The summed E-state index contributed by atoms with van der Waals surface area (Å²) in [5.41, 5.74) is -3.53. The van der Waals surface area contributed by atoms with Gasteiger partial charge in [-0.05, 0) is 69.0 Å². The summed E-state index contributed by atoms with van der Waals surface area (Å²) in [6.07, 6.45) is -10.3. The molecular formula is C25H27F6NO4. The van der Waals surface area contributed by atoms with Gasteiger partial charge in [-0.15, -0.1) is 0 Å². The summed E-state index contributed by atoms with van der Waals surface area (Å²) in [5.74, 6) is -0.807. The van der Waals surface area contributed by atoms with E-state index in [4.69, 9.17) is 9.47 Å². The number of methoxy groups -OCH3 is 1. The lowest BCUT2D eigenvalue weighted by atomic mass is 9.76. The number of carbonyl (C=O) groups excluding carboxylic acids is 2. The van der Waals surface area contributed by atoms with Crippen LogP contribution in [0.25, 0.3) is 0 Å². The number of carbonyl (C=O) groups is 2. The molecule has 0 heterocycles. The summed E-state index contributed by atoms with van der Waals surface area (Å²) in [6, 6.07) is 8.21. The lowest BCUT2D eigenvalue weighted by Crippen LogP contribution is -2.48. The molecule has 5 nitrogen and oxygen atoms in total. The lowest BCUT2D eigenvalue weighted by Gasteiger charge is -2.32. The predicted octanol–water partition coefficient (Wildman–Crippen LogP) is 6.19. The number of alkyl carbamates (subject to hydrolysis) is 1. The van der Waals surface area contributed by atoms with Gasteiger partial charge in [0.15, 0.2) is 0 Å². The highest BCUT2D eigenvalue weighted by Gasteiger charge is 2.41. The van der Waals surface area contributed by atoms with Crippen molar-refractivity contribution in [2.24, 2.45) is 5.41 Å². The summed E-state index contributed by atoms with van der Waals surface area (Å²) in [4.78, 5) is 25.3. The molecule has 0 saturated carbocycles. The molecule has 0 unspecified atom stereocenters. The minimum absolute atomic E-state index is 0.172. The molecule has 0 spiro atoms. The van der Waals surface area contributed by atoms with E-state index in [1.54, 1.807) is 20.8 Å². The van der Waals surface area contributed by atoms with E-state index in [0.717, 1.165) is 31.4 Å². The Balaban J connectivity index is 2.44. The SMILES string of the molecule is COC(=O)C(CNC(=O)OC(C)(C)C)(Cc1ccc(C(F)(F)F)cc1)Cc1ccc(C(F)(F)F)cc1. The average molecular weight is 519 g/mol. The minimum atomic E-state index is -4.56. The van der Waals surface area contributed by atoms with Gasteiger partial charge in [0.2, 0.25) is 0 Å². The molecule has 198 valence electrons. The molecule has 2 aromatic carbocycles. The molecule has 2 rings (SSSR count). The number of hydrogen-bond acceptors (Lipinski definition) is 4. The molecule has 0 aliphatic carbocycles. The Morgan fingerprint density at radius 2 is 1.14 bits per heavy atom. The fraction of sp³-hybridized carbons (Fsp3) is 0.440. The second-order valence-electron chi connectivity index (χ2n) is 9.37. The number of ether oxygens (including phenoxy) is 2. The topological polar surface area (TPSA) is 64.6 Å². The van der Waals surface area contributed by atoms with Gasteiger partial charge in [-0.25, -0.2) is 4.79 Å². The molecule has 0 aromatic heterocycles. The maximum absolute atomic E-state index is 13.0. The van der Waals surface area contributed by atoms with Crippen LogP contribution in [0.5, 0.6) is 0 Å². The van der Waals surface area contributed by atoms with Crippen molar-refractivity contribution in [2.45, 2.75) is 51.6 Å². The van der Waals surface area contributed by atoms with Crippen LogP contribution in [-0.4, -0.2) is 31.3 Å². The smallest absolute Gasteiger partial charge is 0.416 e. The van der Waals surface area contributed by atoms with Crippen molar-refractivity contribution in [1.29, 1.82) is 0 Å². The molecule has 0 atom stereocenters. The first-order valence-electron chi connectivity index (χ1n) is 10.8. The van der Waals surface area contributed by atoms with E-state index in [0.29, 0.717) is 11.1 Å². The van der Waals surface area contributed by atoms with Gasteiger partial charge in [0, 0.05) is 6.54 Å². The number of benzene rings is 2. The van der Waals surface area contributed by atoms with E-state index in [1.807, 2.05) is 0 Å². The van der Waals surface area contributed by atoms with Crippen LogP contribution in [-0.2, 0) is 39.5 Å². The molecule has 0 fully saturated rings. The zero-order chi connectivity index (χ0) is 27.4. The maximum Gasteiger partial charge on any atom is 0.416 e. The third kappa shape index (κ3) is 8.17. The van der Waals surface area contributed by atoms with Crippen molar-refractivity contribution in [3.8, 4) is 0 Å². The number of nitrogens with one attached hydrogen (secondary N) is 1. The third-order valence-electron chi connectivity index (χ3n) is 5.24. The summed E-state index contributed by atoms with van der Waals surface area (Å²) < 4.78 is 88.0. The van der Waals surface area contributed by atoms with Crippen molar-refractivity contribution >= 4 is 12.1 Å². The maximum atomic E-state index is 13.0. The predicted molar refractivity (Wildman–Crippen MR) is 119 cm³/mol. The van der Waals surface area contributed by atoms with E-state index < -0.39 is 46.6 Å². The van der Waals surface area contributed by atoms with Crippen LogP contribution >= 0.6 is 0 Å². The molecule has 0 saturated heterocycles. The zero-order valence-electron chi connectivity index (χ0n) is 20.1. The van der Waals surface area contributed by atoms with E-state index in [1.165, 1.54) is 24.3 Å². The third-order valence-corrected chi connectivity index (χ3v) is 5.24. The Morgan fingerprint density at radius 1 is 0.750 bits per heavy atom. The van der Waals surface area contributed by atoms with Gasteiger partial charge in [0.1, 0.15) is 5.60 Å². The van der Waals surface area contributed by atoms with Crippen molar-refractivity contribution in [1.82, 2.24) is 5.32 Å². The second kappa shape index (κ2) is 10.8. The Hall–Kier alpha value is -3.24. The molecule has 0 bridgehead atoms. The van der Waals surface area contributed by atoms with Gasteiger partial charge in [-0.1, -0.05) is 24.3 Å². The summed E-state index contributed by atoms with van der Waals surface area (Å²) in [5, 5.41) is 2.49. The van der Waals surface area contributed by atoms with Gasteiger partial charge in [0.05, 0.1) is 23.7 Å². The quantitative estimate of drug-likeness (QED) is 0.350. The van der Waals surface area contributed by atoms with Crippen LogP contribution < -0.4 is 5.32 Å². The number of rotatable bonds is 7. The van der Waals surface area contributed by atoms with Crippen molar-refractivity contribution in [3.05, 3.63) is 70.8 Å². The van der Waals surface area contributed by atoms with Gasteiger partial charge >= 0.3 is 24.4 Å². The normalized spacial score (nSPS) is 12.7. The Kier molecular flexibility index (Phi) is 8.69. The Morgan fingerprint density at radius 3 is 1.44 bits per heavy atom. The van der Waals surface area contributed by atoms with E-state index in [2.05, 4.69) is 5.32 Å². The van der Waals surface area contributed by atoms with Crippen LogP contribution in [0, 0.1) is 5.41 Å². The van der Waals surface area contributed by atoms with Crippen LogP contribution in [0.15, 0.2) is 48.5 Å². The Bertz CT molecular complexity index is 979. The van der Waals surface area contributed by atoms with Crippen molar-refractivity contribution < 1.29 is 45.4 Å². The molecule has 11 heteroatoms. The van der Waals surface area contributed by atoms with Crippen LogP contribution in [0.1, 0.15) is 43.0 Å². The summed E-state index contributed by atoms with van der Waals surface area (Å²) >= 11 is 0. The van der Waals surface area contributed by atoms with Gasteiger partial charge in [-0.2, -0.15) is 26.3 Å². The summed E-state index contributed by atoms with van der Waals surface area (Å²) in [7, 11) is 1.10. The molecule has 0 aliphatic heterocycles. The van der Waals surface area contributed by atoms with Gasteiger partial charge < -0.3 is 14.8 Å². The fourth-order valence-corrected chi connectivity index (χ4v) is 3.58. The first kappa shape index (κ1) is 29.0. The first-order chi connectivity index (χ1) is 16.4. The lowest BCUT2D eigenvalue weighted by molar-refractivity contribution is -0.152. The first-order valence-corrected chi connectivity index (χ1v) is 10.8. The fourth-order valence-electron chi connectivity index (χ4n) is 3.58. The van der Waals surface area contributed by atoms with E-state index >= 15 is 0 Å². The van der Waals surface area contributed by atoms with Crippen molar-refractivity contribution in [3.63, 3.8) is 0 Å². The van der Waals surface area contributed by atoms with E-state index in [9.17, 15) is 35.9 Å². The standard InChI is InChI=1S/C25H27F6NO4/c1-22(2,3)36-21(34)32-15-23(20(33)35-4,13-16-5-9-18(10-6-16)24(26,27)28)14-17-7-11-19(12-8-17)25(29,30)31/h5-12H,13-15H2,1-4H3,(H,32,34). The molecule has 36 heavy (non-hydrogen) atoms. The highest BCUT2D eigenvalue weighted by Crippen LogP contribution is 2.34. The molecule has 0 aliphatic rings. The number of hydrogen-bond donors (Lipinski definition) is 1. The highest BCUT2D eigenvalue weighted by atomic mass is 19.4. The van der Waals surface area contributed by atoms with Gasteiger partial charge in [-0.3, -0.25) is 4.79 Å². The highest BCUT2D eigenvalue weighted by molar-refractivity contribution is 5.79. The van der Waals surface area contributed by atoms with Crippen LogP contribution in [0.4, 0.5) is 31.1 Å².